The van der Waals surface area contributed by atoms with Crippen LogP contribution in [0, 0.1) is 11.3 Å². The monoisotopic (exact) mass is 255 g/mol. The van der Waals surface area contributed by atoms with Crippen molar-refractivity contribution in [3.8, 4) is 6.07 Å². The molecule has 0 aromatic carbocycles. The molecule has 1 rings (SSSR count). The summed E-state index contributed by atoms with van der Waals surface area (Å²) in [6.07, 6.45) is -3.02. The SMILES string of the molecule is COC(=O)Cc1cc(CN)c(C(F)F)nc1C#N. The number of hydrogen-bond donors (Lipinski definition) is 1. The molecule has 18 heavy (non-hydrogen) atoms. The third-order valence-electron chi connectivity index (χ3n) is 2.31. The molecule has 0 saturated carbocycles. The number of esters is 1. The van der Waals surface area contributed by atoms with Gasteiger partial charge in [0.25, 0.3) is 6.43 Å². The molecule has 1 aromatic heterocycles. The summed E-state index contributed by atoms with van der Waals surface area (Å²) in [6.45, 7) is -0.146. The molecule has 0 aliphatic heterocycles. The van der Waals surface area contributed by atoms with E-state index in [1.807, 2.05) is 0 Å². The molecule has 5 nitrogen and oxygen atoms in total. The van der Waals surface area contributed by atoms with E-state index in [1.165, 1.54) is 13.2 Å². The van der Waals surface area contributed by atoms with E-state index in [9.17, 15) is 13.6 Å². The largest absolute Gasteiger partial charge is 0.469 e. The number of rotatable bonds is 4. The second kappa shape index (κ2) is 6.02. The molecule has 0 amide bonds. The predicted octanol–water partition coefficient (Wildman–Crippen LogP) is 1.07. The highest BCUT2D eigenvalue weighted by atomic mass is 19.3. The Kier molecular flexibility index (Phi) is 4.68. The Morgan fingerprint density at radius 3 is 2.72 bits per heavy atom. The molecule has 0 aliphatic rings. The van der Waals surface area contributed by atoms with Gasteiger partial charge in [-0.3, -0.25) is 4.79 Å². The molecule has 0 aliphatic carbocycles. The average molecular weight is 255 g/mol. The Labute approximate surface area is 102 Å². The average Bonchev–Trinajstić information content (AvgIpc) is 2.37. The van der Waals surface area contributed by atoms with E-state index < -0.39 is 18.1 Å². The number of nitrogens with zero attached hydrogens (tertiary/aromatic N) is 2. The number of pyridine rings is 1. The molecular weight excluding hydrogens is 244 g/mol. The molecule has 0 saturated heterocycles. The lowest BCUT2D eigenvalue weighted by atomic mass is 10.0. The van der Waals surface area contributed by atoms with Gasteiger partial charge in [-0.1, -0.05) is 0 Å². The summed E-state index contributed by atoms with van der Waals surface area (Å²) < 4.78 is 29.8. The summed E-state index contributed by atoms with van der Waals surface area (Å²) in [5.41, 5.74) is 4.94. The zero-order chi connectivity index (χ0) is 13.7. The van der Waals surface area contributed by atoms with Gasteiger partial charge in [0.2, 0.25) is 0 Å². The molecule has 0 fully saturated rings. The highest BCUT2D eigenvalue weighted by Gasteiger charge is 2.19. The van der Waals surface area contributed by atoms with Crippen LogP contribution in [0.25, 0.3) is 0 Å². The number of halogens is 2. The van der Waals surface area contributed by atoms with Crippen molar-refractivity contribution >= 4 is 5.97 Å². The fraction of sp³-hybridized carbons (Fsp3) is 0.364. The number of nitrogens with two attached hydrogens (primary N) is 1. The summed E-state index contributed by atoms with van der Waals surface area (Å²) in [7, 11) is 1.19. The van der Waals surface area contributed by atoms with E-state index in [1.54, 1.807) is 6.07 Å². The van der Waals surface area contributed by atoms with Crippen LogP contribution in [0.2, 0.25) is 0 Å². The van der Waals surface area contributed by atoms with Crippen LogP contribution in [0.15, 0.2) is 6.07 Å². The highest BCUT2D eigenvalue weighted by molar-refractivity contribution is 5.73. The van der Waals surface area contributed by atoms with Crippen LogP contribution in [0.4, 0.5) is 8.78 Å². The maximum absolute atomic E-state index is 12.7. The summed E-state index contributed by atoms with van der Waals surface area (Å²) >= 11 is 0. The Hall–Kier alpha value is -2.07. The number of alkyl halides is 2. The van der Waals surface area contributed by atoms with E-state index in [0.29, 0.717) is 0 Å². The van der Waals surface area contributed by atoms with E-state index in [-0.39, 0.29) is 29.8 Å². The first-order chi connectivity index (χ1) is 8.53. The van der Waals surface area contributed by atoms with Crippen molar-refractivity contribution in [2.24, 2.45) is 5.73 Å². The summed E-state index contributed by atoms with van der Waals surface area (Å²) in [4.78, 5) is 14.7. The second-order valence-corrected chi connectivity index (χ2v) is 3.41. The Morgan fingerprint density at radius 1 is 1.61 bits per heavy atom. The van der Waals surface area contributed by atoms with Crippen LogP contribution in [0.5, 0.6) is 0 Å². The lowest BCUT2D eigenvalue weighted by Gasteiger charge is -2.10. The molecule has 2 N–H and O–H groups in total. The molecule has 0 spiro atoms. The number of nitriles is 1. The number of aromatic nitrogens is 1. The first kappa shape index (κ1) is 14.0. The minimum atomic E-state index is -2.82. The van der Waals surface area contributed by atoms with Crippen molar-refractivity contribution in [3.05, 3.63) is 28.6 Å². The molecule has 1 aromatic rings. The van der Waals surface area contributed by atoms with E-state index in [4.69, 9.17) is 11.0 Å². The molecule has 0 radical (unpaired) electrons. The summed E-state index contributed by atoms with van der Waals surface area (Å²) in [5, 5.41) is 8.83. The molecule has 1 heterocycles. The number of carbonyl (C=O) groups is 1. The Balaban J connectivity index is 3.27. The molecule has 0 bridgehead atoms. The molecule has 0 unspecified atom stereocenters. The van der Waals surface area contributed by atoms with Crippen LogP contribution in [-0.2, 0) is 22.5 Å². The normalized spacial score (nSPS) is 10.2. The number of hydrogen-bond acceptors (Lipinski definition) is 5. The molecule has 96 valence electrons. The summed E-state index contributed by atoms with van der Waals surface area (Å²) in [5.74, 6) is -0.582. The Morgan fingerprint density at radius 2 is 2.28 bits per heavy atom. The van der Waals surface area contributed by atoms with Crippen molar-refractivity contribution in [3.63, 3.8) is 0 Å². The predicted molar refractivity (Wildman–Crippen MR) is 57.5 cm³/mol. The van der Waals surface area contributed by atoms with Crippen molar-refractivity contribution in [2.45, 2.75) is 19.4 Å². The van der Waals surface area contributed by atoms with Crippen molar-refractivity contribution < 1.29 is 18.3 Å². The molecule has 0 atom stereocenters. The van der Waals surface area contributed by atoms with Gasteiger partial charge in [0.1, 0.15) is 17.5 Å². The minimum absolute atomic E-state index is 0.114. The highest BCUT2D eigenvalue weighted by Crippen LogP contribution is 2.23. The van der Waals surface area contributed by atoms with Gasteiger partial charge in [0.15, 0.2) is 0 Å². The number of ether oxygens (including phenoxy) is 1. The van der Waals surface area contributed by atoms with Crippen LogP contribution in [-0.4, -0.2) is 18.1 Å². The van der Waals surface area contributed by atoms with Crippen LogP contribution >= 0.6 is 0 Å². The molecular formula is C11H11F2N3O2. The minimum Gasteiger partial charge on any atom is -0.469 e. The Bertz CT molecular complexity index is 498. The van der Waals surface area contributed by atoms with Crippen LogP contribution in [0.3, 0.4) is 0 Å². The van der Waals surface area contributed by atoms with Gasteiger partial charge in [-0.05, 0) is 11.6 Å². The number of methoxy groups -OCH3 is 1. The van der Waals surface area contributed by atoms with Gasteiger partial charge in [-0.25, -0.2) is 13.8 Å². The fourth-order valence-electron chi connectivity index (χ4n) is 1.43. The maximum Gasteiger partial charge on any atom is 0.310 e. The van der Waals surface area contributed by atoms with E-state index in [0.717, 1.165) is 0 Å². The lowest BCUT2D eigenvalue weighted by Crippen LogP contribution is -2.12. The second-order valence-electron chi connectivity index (χ2n) is 3.41. The zero-order valence-corrected chi connectivity index (χ0v) is 9.61. The first-order valence-electron chi connectivity index (χ1n) is 5.01. The topological polar surface area (TPSA) is 89.0 Å². The van der Waals surface area contributed by atoms with Crippen LogP contribution in [0.1, 0.15) is 28.9 Å². The van der Waals surface area contributed by atoms with Gasteiger partial charge >= 0.3 is 5.97 Å². The van der Waals surface area contributed by atoms with Gasteiger partial charge in [0, 0.05) is 12.1 Å². The van der Waals surface area contributed by atoms with E-state index >= 15 is 0 Å². The standard InChI is InChI=1S/C11H11F2N3O2/c1-18-9(17)3-6-2-7(4-14)10(11(12)13)16-8(6)5-15/h2,11H,3-4,14H2,1H3. The third kappa shape index (κ3) is 2.99. The van der Waals surface area contributed by atoms with Crippen molar-refractivity contribution in [1.29, 1.82) is 5.26 Å². The first-order valence-corrected chi connectivity index (χ1v) is 5.01. The van der Waals surface area contributed by atoms with Gasteiger partial charge in [0.05, 0.1) is 13.5 Å². The smallest absolute Gasteiger partial charge is 0.310 e. The zero-order valence-electron chi connectivity index (χ0n) is 9.61. The van der Waals surface area contributed by atoms with Gasteiger partial charge in [-0.15, -0.1) is 0 Å². The van der Waals surface area contributed by atoms with Crippen LogP contribution < -0.4 is 5.73 Å². The van der Waals surface area contributed by atoms with Gasteiger partial charge < -0.3 is 10.5 Å². The maximum atomic E-state index is 12.7. The molecule has 7 heteroatoms. The fourth-order valence-corrected chi connectivity index (χ4v) is 1.43. The summed E-state index contributed by atoms with van der Waals surface area (Å²) in [6, 6.07) is 2.97. The van der Waals surface area contributed by atoms with Crippen molar-refractivity contribution in [1.82, 2.24) is 4.98 Å². The van der Waals surface area contributed by atoms with E-state index in [2.05, 4.69) is 9.72 Å². The lowest BCUT2D eigenvalue weighted by molar-refractivity contribution is -0.139. The van der Waals surface area contributed by atoms with Crippen molar-refractivity contribution in [2.75, 3.05) is 7.11 Å². The van der Waals surface area contributed by atoms with Gasteiger partial charge in [-0.2, -0.15) is 5.26 Å². The third-order valence-corrected chi connectivity index (χ3v) is 2.31. The quantitative estimate of drug-likeness (QED) is 0.813. The number of carbonyl (C=O) groups excluding carboxylic acids is 1.